The lowest BCUT2D eigenvalue weighted by Gasteiger charge is -2.33. The van der Waals surface area contributed by atoms with Crippen LogP contribution in [0.5, 0.6) is 0 Å². The van der Waals surface area contributed by atoms with E-state index >= 15 is 0 Å². The smallest absolute Gasteiger partial charge is 0.372 e. The van der Waals surface area contributed by atoms with E-state index in [4.69, 9.17) is 14.0 Å². The molecule has 0 heterocycles. The second kappa shape index (κ2) is 7.88. The topological polar surface area (TPSA) is 89.9 Å². The predicted molar refractivity (Wildman–Crippen MR) is 83.2 cm³/mol. The van der Waals surface area contributed by atoms with Gasteiger partial charge in [0.05, 0.1) is 25.2 Å². The third-order valence-electron chi connectivity index (χ3n) is 4.28. The Morgan fingerprint density at radius 1 is 1.33 bits per heavy atom. The summed E-state index contributed by atoms with van der Waals surface area (Å²) in [6.07, 6.45) is 2.26. The van der Waals surface area contributed by atoms with Crippen LogP contribution in [-0.4, -0.2) is 43.0 Å². The molecule has 1 N–H and O–H groups in total. The molecule has 0 aromatic rings. The van der Waals surface area contributed by atoms with Gasteiger partial charge in [0, 0.05) is 0 Å². The monoisotopic (exact) mass is 370 g/mol. The van der Waals surface area contributed by atoms with E-state index in [0.29, 0.717) is 0 Å². The molecule has 0 aromatic heterocycles. The lowest BCUT2D eigenvalue weighted by atomic mass is 9.88. The van der Waals surface area contributed by atoms with E-state index in [1.807, 2.05) is 13.8 Å². The number of esters is 1. The van der Waals surface area contributed by atoms with Gasteiger partial charge in [-0.15, -0.1) is 0 Å². The quantitative estimate of drug-likeness (QED) is 0.290. The molecule has 0 amide bonds. The zero-order valence-corrected chi connectivity index (χ0v) is 14.7. The molecule has 0 bridgehead atoms. The molecular formula is C15H24F2O6S. The normalized spacial score (nSPS) is 17.9. The van der Waals surface area contributed by atoms with Crippen LogP contribution < -0.4 is 0 Å². The second-order valence-electron chi connectivity index (χ2n) is 6.33. The highest BCUT2D eigenvalue weighted by Crippen LogP contribution is 2.39. The lowest BCUT2D eigenvalue weighted by Crippen LogP contribution is -2.38. The summed E-state index contributed by atoms with van der Waals surface area (Å²) in [6.45, 7) is 6.44. The van der Waals surface area contributed by atoms with Crippen LogP contribution in [0.3, 0.4) is 0 Å². The Bertz CT molecular complexity index is 565. The van der Waals surface area contributed by atoms with Gasteiger partial charge in [-0.3, -0.25) is 4.55 Å². The van der Waals surface area contributed by atoms with Gasteiger partial charge in [0.25, 0.3) is 0 Å². The molecular weight excluding hydrogens is 346 g/mol. The average Bonchev–Trinajstić information content (AvgIpc) is 2.91. The van der Waals surface area contributed by atoms with Crippen molar-refractivity contribution in [3.05, 3.63) is 12.2 Å². The fraction of sp³-hybridized carbons (Fsp3) is 0.800. The van der Waals surface area contributed by atoms with Gasteiger partial charge in [0.2, 0.25) is 0 Å². The number of halogens is 2. The Morgan fingerprint density at radius 3 is 2.33 bits per heavy atom. The highest BCUT2D eigenvalue weighted by molar-refractivity contribution is 7.86. The van der Waals surface area contributed by atoms with E-state index in [1.54, 1.807) is 0 Å². The summed E-state index contributed by atoms with van der Waals surface area (Å²) in [7, 11) is -5.48. The minimum atomic E-state index is -5.48. The molecule has 6 nitrogen and oxygen atoms in total. The molecule has 9 heteroatoms. The van der Waals surface area contributed by atoms with Crippen molar-refractivity contribution in [1.29, 1.82) is 0 Å². The molecule has 140 valence electrons. The van der Waals surface area contributed by atoms with Crippen LogP contribution >= 0.6 is 0 Å². The number of carbonyl (C=O) groups excluding carboxylic acids is 1. The SMILES string of the molecule is C=C(COCCC(F)(F)S(=O)(=O)O)C(=O)OC1(C(C)C)CCCC1. The van der Waals surface area contributed by atoms with Gasteiger partial charge in [-0.1, -0.05) is 20.4 Å². The third-order valence-corrected chi connectivity index (χ3v) is 5.24. The maximum atomic E-state index is 13.0. The Labute approximate surface area is 141 Å². The average molecular weight is 370 g/mol. The fourth-order valence-electron chi connectivity index (χ4n) is 2.60. The van der Waals surface area contributed by atoms with Crippen molar-refractivity contribution in [2.45, 2.75) is 56.8 Å². The van der Waals surface area contributed by atoms with Crippen LogP contribution in [0.1, 0.15) is 46.0 Å². The van der Waals surface area contributed by atoms with Crippen LogP contribution in [0.4, 0.5) is 8.78 Å². The summed E-state index contributed by atoms with van der Waals surface area (Å²) in [6, 6.07) is 0. The minimum absolute atomic E-state index is 0.0305. The van der Waals surface area contributed by atoms with Gasteiger partial charge in [-0.2, -0.15) is 17.2 Å². The molecule has 0 radical (unpaired) electrons. The second-order valence-corrected chi connectivity index (χ2v) is 7.88. The molecule has 0 unspecified atom stereocenters. The van der Waals surface area contributed by atoms with E-state index < -0.39 is 40.0 Å². The van der Waals surface area contributed by atoms with Gasteiger partial charge >= 0.3 is 21.3 Å². The Morgan fingerprint density at radius 2 is 1.88 bits per heavy atom. The number of alkyl halides is 2. The van der Waals surface area contributed by atoms with Crippen molar-refractivity contribution >= 4 is 16.1 Å². The number of ether oxygens (including phenoxy) is 2. The zero-order valence-electron chi connectivity index (χ0n) is 13.9. The molecule has 0 aromatic carbocycles. The van der Waals surface area contributed by atoms with E-state index in [1.165, 1.54) is 0 Å². The van der Waals surface area contributed by atoms with Crippen molar-refractivity contribution in [1.82, 2.24) is 0 Å². The van der Waals surface area contributed by atoms with Gasteiger partial charge in [0.1, 0.15) is 5.60 Å². The summed E-state index contributed by atoms with van der Waals surface area (Å²) in [5.74, 6) is -0.502. The van der Waals surface area contributed by atoms with Crippen LogP contribution in [0.25, 0.3) is 0 Å². The molecule has 1 fully saturated rings. The molecule has 1 aliphatic carbocycles. The maximum Gasteiger partial charge on any atom is 0.372 e. The summed E-state index contributed by atoms with van der Waals surface area (Å²) in [5, 5.41) is -4.29. The maximum absolute atomic E-state index is 13.0. The van der Waals surface area contributed by atoms with Gasteiger partial charge < -0.3 is 9.47 Å². The fourth-order valence-corrected chi connectivity index (χ4v) is 2.94. The first-order valence-electron chi connectivity index (χ1n) is 7.75. The number of rotatable bonds is 9. The van der Waals surface area contributed by atoms with Gasteiger partial charge in [0.15, 0.2) is 0 Å². The largest absolute Gasteiger partial charge is 0.455 e. The summed E-state index contributed by atoms with van der Waals surface area (Å²) in [4.78, 5) is 12.1. The number of hydrogen-bond acceptors (Lipinski definition) is 5. The molecule has 0 spiro atoms. The standard InChI is InChI=1S/C15H24F2O6S/c1-11(2)14(6-4-5-7-14)23-13(18)12(3)10-22-9-8-15(16,17)24(19,20)21/h11H,3-10H2,1-2H3,(H,19,20,21). The highest BCUT2D eigenvalue weighted by Gasteiger charge is 2.43. The Kier molecular flexibility index (Phi) is 6.89. The molecule has 0 saturated heterocycles. The highest BCUT2D eigenvalue weighted by atomic mass is 32.2. The number of hydrogen-bond donors (Lipinski definition) is 1. The molecule has 0 aliphatic heterocycles. The third kappa shape index (κ3) is 5.22. The van der Waals surface area contributed by atoms with Crippen LogP contribution in [0.15, 0.2) is 12.2 Å². The van der Waals surface area contributed by atoms with Gasteiger partial charge in [-0.05, 0) is 31.6 Å². The van der Waals surface area contributed by atoms with E-state index in [9.17, 15) is 22.0 Å². The van der Waals surface area contributed by atoms with E-state index in [2.05, 4.69) is 6.58 Å². The van der Waals surface area contributed by atoms with Crippen LogP contribution in [-0.2, 0) is 24.4 Å². The van der Waals surface area contributed by atoms with E-state index in [-0.39, 0.29) is 18.1 Å². The Balaban J connectivity index is 2.44. The molecule has 1 aliphatic rings. The Hall–Kier alpha value is -1.06. The van der Waals surface area contributed by atoms with Crippen molar-refractivity contribution in [2.75, 3.05) is 13.2 Å². The lowest BCUT2D eigenvalue weighted by molar-refractivity contribution is -0.160. The molecule has 1 saturated carbocycles. The minimum Gasteiger partial charge on any atom is -0.455 e. The van der Waals surface area contributed by atoms with Crippen LogP contribution in [0, 0.1) is 5.92 Å². The molecule has 1 rings (SSSR count). The van der Waals surface area contributed by atoms with Crippen molar-refractivity contribution in [3.63, 3.8) is 0 Å². The van der Waals surface area contributed by atoms with Crippen molar-refractivity contribution in [2.24, 2.45) is 5.92 Å². The van der Waals surface area contributed by atoms with Gasteiger partial charge in [-0.25, -0.2) is 4.79 Å². The molecule has 24 heavy (non-hydrogen) atoms. The number of carbonyl (C=O) groups is 1. The first-order chi connectivity index (χ1) is 10.9. The van der Waals surface area contributed by atoms with Crippen molar-refractivity contribution < 1.29 is 36.0 Å². The summed E-state index contributed by atoms with van der Waals surface area (Å²) < 4.78 is 65.6. The summed E-state index contributed by atoms with van der Waals surface area (Å²) in [5.41, 5.74) is -0.560. The van der Waals surface area contributed by atoms with Crippen molar-refractivity contribution in [3.8, 4) is 0 Å². The first kappa shape index (κ1) is 21.0. The summed E-state index contributed by atoms with van der Waals surface area (Å²) >= 11 is 0. The van der Waals surface area contributed by atoms with Crippen LogP contribution in [0.2, 0.25) is 0 Å². The van der Waals surface area contributed by atoms with E-state index in [0.717, 1.165) is 25.7 Å². The predicted octanol–water partition coefficient (Wildman–Crippen LogP) is 2.94. The first-order valence-corrected chi connectivity index (χ1v) is 9.19. The zero-order chi connectivity index (χ0) is 18.6. The molecule has 0 atom stereocenters.